The number of rotatable bonds is 4. The lowest BCUT2D eigenvalue weighted by atomic mass is 10.1. The molecule has 3 rings (SSSR count). The molecule has 2 aromatic rings. The monoisotopic (exact) mass is 325 g/mol. The van der Waals surface area contributed by atoms with Crippen molar-refractivity contribution in [3.63, 3.8) is 0 Å². The smallest absolute Gasteiger partial charge is 0.414 e. The highest BCUT2D eigenvalue weighted by atomic mass is 16.6. The fraction of sp³-hybridized carbons (Fsp3) is 0.222. The van der Waals surface area contributed by atoms with Gasteiger partial charge in [-0.1, -0.05) is 30.3 Å². The molecule has 2 aromatic carbocycles. The second-order valence-corrected chi connectivity index (χ2v) is 5.54. The lowest BCUT2D eigenvalue weighted by Crippen LogP contribution is -2.37. The molecule has 6 nitrogen and oxygen atoms in total. The van der Waals surface area contributed by atoms with Crippen molar-refractivity contribution in [1.82, 2.24) is 0 Å². The van der Waals surface area contributed by atoms with E-state index < -0.39 is 6.04 Å². The number of nitrogens with two attached hydrogens (primary N) is 1. The second kappa shape index (κ2) is 7.14. The molecule has 1 unspecified atom stereocenters. The van der Waals surface area contributed by atoms with Crippen LogP contribution >= 0.6 is 0 Å². The number of carbonyl (C=O) groups excluding carboxylic acids is 2. The minimum absolute atomic E-state index is 0.286. The van der Waals surface area contributed by atoms with Gasteiger partial charge in [0, 0.05) is 17.9 Å². The number of hydrogen-bond donors (Lipinski definition) is 2. The van der Waals surface area contributed by atoms with Gasteiger partial charge in [-0.2, -0.15) is 0 Å². The molecule has 1 atom stereocenters. The highest BCUT2D eigenvalue weighted by Crippen LogP contribution is 2.22. The fourth-order valence-electron chi connectivity index (χ4n) is 2.54. The van der Waals surface area contributed by atoms with Crippen LogP contribution in [-0.4, -0.2) is 25.2 Å². The van der Waals surface area contributed by atoms with Gasteiger partial charge in [0.05, 0.1) is 6.61 Å². The predicted octanol–water partition coefficient (Wildman–Crippen LogP) is 2.67. The van der Waals surface area contributed by atoms with Crippen molar-refractivity contribution in [2.45, 2.75) is 12.5 Å². The summed E-state index contributed by atoms with van der Waals surface area (Å²) in [5.74, 6) is -0.286. The Balaban J connectivity index is 1.65. The molecule has 0 aromatic heterocycles. The summed E-state index contributed by atoms with van der Waals surface area (Å²) >= 11 is 0. The maximum atomic E-state index is 12.2. The van der Waals surface area contributed by atoms with Crippen molar-refractivity contribution in [1.29, 1.82) is 0 Å². The SMILES string of the molecule is NC(C(=O)Nc1ccc(N2CCCOC2=O)cc1)c1ccccc1. The molecule has 3 N–H and O–H groups in total. The summed E-state index contributed by atoms with van der Waals surface area (Å²) < 4.78 is 5.02. The molecule has 24 heavy (non-hydrogen) atoms. The topological polar surface area (TPSA) is 84.7 Å². The number of hydrogen-bond acceptors (Lipinski definition) is 4. The van der Waals surface area contributed by atoms with Gasteiger partial charge in [-0.05, 0) is 36.2 Å². The first kappa shape index (κ1) is 16.0. The van der Waals surface area contributed by atoms with Gasteiger partial charge in [0.1, 0.15) is 6.04 Å². The lowest BCUT2D eigenvalue weighted by molar-refractivity contribution is -0.117. The van der Waals surface area contributed by atoms with Crippen LogP contribution in [0.1, 0.15) is 18.0 Å². The lowest BCUT2D eigenvalue weighted by Gasteiger charge is -2.26. The number of carbonyl (C=O) groups is 2. The molecule has 1 aliphatic rings. The van der Waals surface area contributed by atoms with Gasteiger partial charge in [-0.15, -0.1) is 0 Å². The third-order valence-electron chi connectivity index (χ3n) is 3.86. The van der Waals surface area contributed by atoms with Crippen LogP contribution in [0.25, 0.3) is 0 Å². The van der Waals surface area contributed by atoms with Crippen molar-refractivity contribution in [2.75, 3.05) is 23.4 Å². The first-order chi connectivity index (χ1) is 11.6. The summed E-state index contributed by atoms with van der Waals surface area (Å²) in [4.78, 5) is 25.5. The summed E-state index contributed by atoms with van der Waals surface area (Å²) in [7, 11) is 0. The van der Waals surface area contributed by atoms with Gasteiger partial charge < -0.3 is 15.8 Å². The quantitative estimate of drug-likeness (QED) is 0.905. The Bertz CT molecular complexity index is 716. The Labute approximate surface area is 140 Å². The van der Waals surface area contributed by atoms with E-state index >= 15 is 0 Å². The Hall–Kier alpha value is -2.86. The maximum Gasteiger partial charge on any atom is 0.414 e. The molecule has 1 fully saturated rings. The van der Waals surface area contributed by atoms with Crippen molar-refractivity contribution < 1.29 is 14.3 Å². The highest BCUT2D eigenvalue weighted by Gasteiger charge is 2.21. The zero-order chi connectivity index (χ0) is 16.9. The Morgan fingerprint density at radius 3 is 2.50 bits per heavy atom. The molecule has 0 spiro atoms. The first-order valence-electron chi connectivity index (χ1n) is 7.81. The van der Waals surface area contributed by atoms with Gasteiger partial charge in [0.2, 0.25) is 5.91 Å². The average Bonchev–Trinajstić information content (AvgIpc) is 2.63. The number of ether oxygens (including phenoxy) is 1. The zero-order valence-corrected chi connectivity index (χ0v) is 13.1. The molecule has 124 valence electrons. The van der Waals surface area contributed by atoms with E-state index in [1.807, 2.05) is 30.3 Å². The normalized spacial score (nSPS) is 15.5. The minimum atomic E-state index is -0.733. The van der Waals surface area contributed by atoms with Crippen LogP contribution in [0, 0.1) is 0 Å². The number of benzene rings is 2. The van der Waals surface area contributed by atoms with Crippen molar-refractivity contribution >= 4 is 23.4 Å². The fourth-order valence-corrected chi connectivity index (χ4v) is 2.54. The van der Waals surface area contributed by atoms with E-state index in [4.69, 9.17) is 10.5 Å². The summed E-state index contributed by atoms with van der Waals surface area (Å²) in [6, 6.07) is 15.5. The van der Waals surface area contributed by atoms with E-state index in [1.165, 1.54) is 0 Å². The molecule has 6 heteroatoms. The third kappa shape index (κ3) is 3.55. The standard InChI is InChI=1S/C18H19N3O3/c19-16(13-5-2-1-3-6-13)17(22)20-14-7-9-15(10-8-14)21-11-4-12-24-18(21)23/h1-3,5-10,16H,4,11-12,19H2,(H,20,22). The number of anilines is 2. The van der Waals surface area contributed by atoms with Crippen molar-refractivity contribution in [3.05, 3.63) is 60.2 Å². The molecule has 1 saturated heterocycles. The van der Waals surface area contributed by atoms with Crippen LogP contribution in [0.5, 0.6) is 0 Å². The van der Waals surface area contributed by atoms with Crippen LogP contribution in [0.4, 0.5) is 16.2 Å². The molecule has 0 aliphatic carbocycles. The van der Waals surface area contributed by atoms with E-state index in [0.717, 1.165) is 17.7 Å². The summed E-state index contributed by atoms with van der Waals surface area (Å²) in [5.41, 5.74) is 8.09. The number of nitrogens with one attached hydrogen (secondary N) is 1. The summed E-state index contributed by atoms with van der Waals surface area (Å²) in [5, 5.41) is 2.78. The second-order valence-electron chi connectivity index (χ2n) is 5.54. The largest absolute Gasteiger partial charge is 0.449 e. The number of cyclic esters (lactones) is 1. The van der Waals surface area contributed by atoms with Crippen molar-refractivity contribution in [2.24, 2.45) is 5.73 Å². The van der Waals surface area contributed by atoms with E-state index in [1.54, 1.807) is 29.2 Å². The molecule has 0 radical (unpaired) electrons. The van der Waals surface area contributed by atoms with Gasteiger partial charge in [0.25, 0.3) is 0 Å². The van der Waals surface area contributed by atoms with Crippen LogP contribution in [0.2, 0.25) is 0 Å². The molecule has 1 aliphatic heterocycles. The van der Waals surface area contributed by atoms with Crippen LogP contribution in [-0.2, 0) is 9.53 Å². The van der Waals surface area contributed by atoms with Crippen LogP contribution in [0.15, 0.2) is 54.6 Å². The molecular formula is C18H19N3O3. The molecule has 0 saturated carbocycles. The maximum absolute atomic E-state index is 12.2. The third-order valence-corrected chi connectivity index (χ3v) is 3.86. The summed E-state index contributed by atoms with van der Waals surface area (Å²) in [6.45, 7) is 1.09. The van der Waals surface area contributed by atoms with Gasteiger partial charge in [-0.25, -0.2) is 4.79 Å². The number of amides is 2. The minimum Gasteiger partial charge on any atom is -0.449 e. The Kier molecular flexibility index (Phi) is 4.77. The van der Waals surface area contributed by atoms with Crippen molar-refractivity contribution in [3.8, 4) is 0 Å². The summed E-state index contributed by atoms with van der Waals surface area (Å²) in [6.07, 6.45) is 0.458. The van der Waals surface area contributed by atoms with Crippen LogP contribution < -0.4 is 16.0 Å². The zero-order valence-electron chi connectivity index (χ0n) is 13.1. The van der Waals surface area contributed by atoms with Gasteiger partial charge >= 0.3 is 6.09 Å². The van der Waals surface area contributed by atoms with E-state index in [0.29, 0.717) is 18.8 Å². The highest BCUT2D eigenvalue weighted by molar-refractivity contribution is 5.96. The van der Waals surface area contributed by atoms with E-state index in [2.05, 4.69) is 5.32 Å². The average molecular weight is 325 g/mol. The van der Waals surface area contributed by atoms with E-state index in [-0.39, 0.29) is 12.0 Å². The molecular weight excluding hydrogens is 306 g/mol. The molecule has 0 bridgehead atoms. The predicted molar refractivity (Wildman–Crippen MR) is 91.8 cm³/mol. The first-order valence-corrected chi connectivity index (χ1v) is 7.81. The van der Waals surface area contributed by atoms with E-state index in [9.17, 15) is 9.59 Å². The Morgan fingerprint density at radius 2 is 1.83 bits per heavy atom. The number of nitrogens with zero attached hydrogens (tertiary/aromatic N) is 1. The van der Waals surface area contributed by atoms with Gasteiger partial charge in [0.15, 0.2) is 0 Å². The Morgan fingerprint density at radius 1 is 1.12 bits per heavy atom. The van der Waals surface area contributed by atoms with Crippen LogP contribution in [0.3, 0.4) is 0 Å². The molecule has 2 amide bonds. The van der Waals surface area contributed by atoms with Gasteiger partial charge in [-0.3, -0.25) is 9.69 Å². The molecule has 1 heterocycles.